The molecule has 6 heteroatoms. The molecule has 0 aliphatic carbocycles. The summed E-state index contributed by atoms with van der Waals surface area (Å²) in [5.41, 5.74) is 0. The normalized spacial score (nSPS) is 12.4. The average Bonchev–Trinajstić information content (AvgIpc) is 2.65. The van der Waals surface area contributed by atoms with Crippen LogP contribution in [0, 0.1) is 0 Å². The third-order valence-corrected chi connectivity index (χ3v) is 2.60. The van der Waals surface area contributed by atoms with Gasteiger partial charge in [-0.2, -0.15) is 0 Å². The molecule has 0 bridgehead atoms. The molecule has 1 rings (SSSR count). The quantitative estimate of drug-likeness (QED) is 0.821. The van der Waals surface area contributed by atoms with Crippen LogP contribution in [-0.4, -0.2) is 31.5 Å². The Morgan fingerprint density at radius 1 is 1.69 bits per heavy atom. The maximum Gasteiger partial charge on any atom is 0.287 e. The van der Waals surface area contributed by atoms with E-state index in [-0.39, 0.29) is 17.7 Å². The van der Waals surface area contributed by atoms with Crippen molar-refractivity contribution in [1.82, 2.24) is 5.32 Å². The summed E-state index contributed by atoms with van der Waals surface area (Å²) in [4.78, 5) is 11.7. The minimum Gasteiger partial charge on any atom is -0.444 e. The molecule has 90 valence electrons. The number of hydrogen-bond donors (Lipinski definition) is 1. The number of hydrogen-bond acceptors (Lipinski definition) is 3. The van der Waals surface area contributed by atoms with Crippen molar-refractivity contribution >= 4 is 33.4 Å². The minimum atomic E-state index is -0.266. The van der Waals surface area contributed by atoms with E-state index < -0.39 is 0 Å². The lowest BCUT2D eigenvalue weighted by Gasteiger charge is -2.15. The van der Waals surface area contributed by atoms with Crippen LogP contribution in [-0.2, 0) is 4.74 Å². The number of ether oxygens (including phenoxy) is 1. The summed E-state index contributed by atoms with van der Waals surface area (Å²) in [6.45, 7) is 0.431. The third-order valence-electron chi connectivity index (χ3n) is 1.96. The van der Waals surface area contributed by atoms with E-state index in [4.69, 9.17) is 20.8 Å². The molecular formula is C10H13BrClNO3. The van der Waals surface area contributed by atoms with E-state index in [0.717, 1.165) is 0 Å². The largest absolute Gasteiger partial charge is 0.444 e. The highest BCUT2D eigenvalue weighted by Crippen LogP contribution is 2.14. The van der Waals surface area contributed by atoms with Crippen LogP contribution in [0.1, 0.15) is 17.0 Å². The summed E-state index contributed by atoms with van der Waals surface area (Å²) in [6, 6.07) is 3.17. The number of furan rings is 1. The second kappa shape index (κ2) is 6.93. The van der Waals surface area contributed by atoms with Crippen LogP contribution in [0.3, 0.4) is 0 Å². The van der Waals surface area contributed by atoms with E-state index in [1.807, 2.05) is 0 Å². The maximum absolute atomic E-state index is 11.7. The molecule has 0 fully saturated rings. The summed E-state index contributed by atoms with van der Waals surface area (Å²) in [5, 5.41) is 2.79. The number of amides is 1. The lowest BCUT2D eigenvalue weighted by Crippen LogP contribution is -2.38. The first-order valence-corrected chi connectivity index (χ1v) is 6.11. The number of carbonyl (C=O) groups is 1. The van der Waals surface area contributed by atoms with Crippen LogP contribution >= 0.6 is 27.5 Å². The SMILES string of the molecule is COCC(CCCl)NC(=O)c1ccc(Br)o1. The Hall–Kier alpha value is -0.520. The first-order valence-electron chi connectivity index (χ1n) is 4.78. The van der Waals surface area contributed by atoms with Gasteiger partial charge in [-0.3, -0.25) is 4.79 Å². The molecule has 1 unspecified atom stereocenters. The number of carbonyl (C=O) groups excluding carboxylic acids is 1. The van der Waals surface area contributed by atoms with Crippen molar-refractivity contribution in [2.45, 2.75) is 12.5 Å². The third kappa shape index (κ3) is 4.15. The van der Waals surface area contributed by atoms with Crippen molar-refractivity contribution in [3.8, 4) is 0 Å². The van der Waals surface area contributed by atoms with Crippen molar-refractivity contribution in [2.24, 2.45) is 0 Å². The van der Waals surface area contributed by atoms with E-state index in [2.05, 4.69) is 21.2 Å². The van der Waals surface area contributed by atoms with E-state index in [1.165, 1.54) is 0 Å². The fourth-order valence-electron chi connectivity index (χ4n) is 1.22. The molecule has 1 N–H and O–H groups in total. The highest BCUT2D eigenvalue weighted by Gasteiger charge is 2.15. The standard InChI is InChI=1S/C10H13BrClNO3/c1-15-6-7(4-5-12)13-10(14)8-2-3-9(11)16-8/h2-3,7H,4-6H2,1H3,(H,13,14). The zero-order valence-electron chi connectivity index (χ0n) is 8.83. The minimum absolute atomic E-state index is 0.0983. The van der Waals surface area contributed by atoms with Crippen molar-refractivity contribution in [1.29, 1.82) is 0 Å². The van der Waals surface area contributed by atoms with Crippen LogP contribution in [0.25, 0.3) is 0 Å². The van der Waals surface area contributed by atoms with Gasteiger partial charge in [0, 0.05) is 13.0 Å². The second-order valence-corrected chi connectivity index (χ2v) is 4.37. The zero-order valence-corrected chi connectivity index (χ0v) is 11.2. The van der Waals surface area contributed by atoms with E-state index in [0.29, 0.717) is 23.6 Å². The summed E-state index contributed by atoms with van der Waals surface area (Å²) in [7, 11) is 1.58. The fraction of sp³-hybridized carbons (Fsp3) is 0.500. The Morgan fingerprint density at radius 2 is 2.44 bits per heavy atom. The first kappa shape index (κ1) is 13.5. The average molecular weight is 311 g/mol. The number of methoxy groups -OCH3 is 1. The molecule has 16 heavy (non-hydrogen) atoms. The molecule has 0 radical (unpaired) electrons. The monoisotopic (exact) mass is 309 g/mol. The maximum atomic E-state index is 11.7. The Bertz CT molecular complexity index is 337. The lowest BCUT2D eigenvalue weighted by atomic mass is 10.2. The number of nitrogens with one attached hydrogen (secondary N) is 1. The van der Waals surface area contributed by atoms with Gasteiger partial charge in [-0.25, -0.2) is 0 Å². The first-order chi connectivity index (χ1) is 7.67. The molecule has 1 aromatic heterocycles. The van der Waals surface area contributed by atoms with Gasteiger partial charge in [0.2, 0.25) is 0 Å². The topological polar surface area (TPSA) is 51.5 Å². The molecule has 1 heterocycles. The molecule has 0 aromatic carbocycles. The van der Waals surface area contributed by atoms with Crippen LogP contribution < -0.4 is 5.32 Å². The Balaban J connectivity index is 2.54. The predicted molar refractivity (Wildman–Crippen MR) is 64.9 cm³/mol. The molecule has 1 amide bonds. The Labute approximate surface area is 107 Å². The van der Waals surface area contributed by atoms with E-state index in [9.17, 15) is 4.79 Å². The van der Waals surface area contributed by atoms with Gasteiger partial charge in [-0.1, -0.05) is 0 Å². The van der Waals surface area contributed by atoms with Crippen LogP contribution in [0.15, 0.2) is 21.2 Å². The van der Waals surface area contributed by atoms with Gasteiger partial charge in [-0.05, 0) is 34.5 Å². The summed E-state index contributed by atoms with van der Waals surface area (Å²) in [5.74, 6) is 0.469. The molecule has 0 saturated heterocycles. The molecule has 4 nitrogen and oxygen atoms in total. The predicted octanol–water partition coefficient (Wildman–Crippen LogP) is 2.42. The molecule has 1 aromatic rings. The molecule has 0 spiro atoms. The van der Waals surface area contributed by atoms with Crippen molar-refractivity contribution in [2.75, 3.05) is 19.6 Å². The molecule has 1 atom stereocenters. The smallest absolute Gasteiger partial charge is 0.287 e. The van der Waals surface area contributed by atoms with Crippen molar-refractivity contribution < 1.29 is 13.9 Å². The van der Waals surface area contributed by atoms with Crippen LogP contribution in [0.4, 0.5) is 0 Å². The lowest BCUT2D eigenvalue weighted by molar-refractivity contribution is 0.0866. The Kier molecular flexibility index (Phi) is 5.87. The van der Waals surface area contributed by atoms with Gasteiger partial charge in [0.15, 0.2) is 10.4 Å². The van der Waals surface area contributed by atoms with Gasteiger partial charge in [0.25, 0.3) is 5.91 Å². The number of rotatable bonds is 6. The molecular weight excluding hydrogens is 297 g/mol. The van der Waals surface area contributed by atoms with E-state index >= 15 is 0 Å². The van der Waals surface area contributed by atoms with Gasteiger partial charge >= 0.3 is 0 Å². The molecule has 0 aliphatic heterocycles. The van der Waals surface area contributed by atoms with Gasteiger partial charge < -0.3 is 14.5 Å². The fourth-order valence-corrected chi connectivity index (χ4v) is 1.79. The number of halogens is 2. The Morgan fingerprint density at radius 3 is 2.94 bits per heavy atom. The highest BCUT2D eigenvalue weighted by molar-refractivity contribution is 9.10. The molecule has 0 saturated carbocycles. The van der Waals surface area contributed by atoms with Gasteiger partial charge in [0.1, 0.15) is 0 Å². The van der Waals surface area contributed by atoms with Gasteiger partial charge in [-0.15, -0.1) is 11.6 Å². The van der Waals surface area contributed by atoms with Gasteiger partial charge in [0.05, 0.1) is 12.6 Å². The number of alkyl halides is 1. The van der Waals surface area contributed by atoms with Crippen LogP contribution in [0.2, 0.25) is 0 Å². The van der Waals surface area contributed by atoms with E-state index in [1.54, 1.807) is 19.2 Å². The summed E-state index contributed by atoms with van der Waals surface area (Å²) >= 11 is 8.76. The highest BCUT2D eigenvalue weighted by atomic mass is 79.9. The molecule has 0 aliphatic rings. The second-order valence-electron chi connectivity index (χ2n) is 3.21. The summed E-state index contributed by atoms with van der Waals surface area (Å²) < 4.78 is 10.6. The van der Waals surface area contributed by atoms with Crippen LogP contribution in [0.5, 0.6) is 0 Å². The zero-order chi connectivity index (χ0) is 12.0. The summed E-state index contributed by atoms with van der Waals surface area (Å²) in [6.07, 6.45) is 0.656. The van der Waals surface area contributed by atoms with Crippen molar-refractivity contribution in [3.63, 3.8) is 0 Å². The van der Waals surface area contributed by atoms with Crippen molar-refractivity contribution in [3.05, 3.63) is 22.6 Å².